The third-order valence-electron chi connectivity index (χ3n) is 2.63. The Morgan fingerprint density at radius 2 is 1.64 bits per heavy atom. The van der Waals surface area contributed by atoms with Gasteiger partial charge in [-0.05, 0) is 24.6 Å². The molecule has 0 N–H and O–H groups in total. The molecule has 1 aliphatic rings. The predicted molar refractivity (Wildman–Crippen MR) is 67.4 cm³/mol. The summed E-state index contributed by atoms with van der Waals surface area (Å²) in [6.07, 6.45) is 4.65. The summed E-state index contributed by atoms with van der Waals surface area (Å²) >= 11 is 9.31. The summed E-state index contributed by atoms with van der Waals surface area (Å²) in [5.41, 5.74) is -1.98. The van der Waals surface area contributed by atoms with Crippen LogP contribution >= 0.6 is 17.9 Å². The van der Waals surface area contributed by atoms with E-state index in [1.54, 1.807) is 0 Å². The zero-order valence-corrected chi connectivity index (χ0v) is 11.5. The molecule has 1 rings (SSSR count). The Labute approximate surface area is 97.1 Å². The summed E-state index contributed by atoms with van der Waals surface area (Å²) in [4.78, 5) is 0. The molecule has 0 radical (unpaired) electrons. The van der Waals surface area contributed by atoms with Crippen molar-refractivity contribution < 1.29 is 9.05 Å². The van der Waals surface area contributed by atoms with Gasteiger partial charge in [-0.2, -0.15) is 0 Å². The molecular weight excluding hydrogens is 235 g/mol. The molecule has 0 aliphatic carbocycles. The minimum Gasteiger partial charge on any atom is -0.321 e. The topological polar surface area (TPSA) is 18.5 Å². The molecular formula is C9H19O2PS2. The SMILES string of the molecule is CCCC1(CCC)COP(=S)(S)OC1. The highest BCUT2D eigenvalue weighted by Crippen LogP contribution is 2.59. The first-order valence-corrected chi connectivity index (χ1v) is 8.94. The van der Waals surface area contributed by atoms with Gasteiger partial charge < -0.3 is 9.05 Å². The third-order valence-corrected chi connectivity index (χ3v) is 4.86. The van der Waals surface area contributed by atoms with Crippen molar-refractivity contribution in [2.24, 2.45) is 5.41 Å². The molecule has 5 heteroatoms. The van der Waals surface area contributed by atoms with Crippen molar-refractivity contribution in [1.82, 2.24) is 0 Å². The van der Waals surface area contributed by atoms with Gasteiger partial charge in [-0.15, -0.1) is 0 Å². The zero-order chi connectivity index (χ0) is 10.7. The highest BCUT2D eigenvalue weighted by Gasteiger charge is 2.37. The molecule has 2 nitrogen and oxygen atoms in total. The molecule has 0 bridgehead atoms. The second kappa shape index (κ2) is 5.31. The van der Waals surface area contributed by atoms with Crippen LogP contribution in [0, 0.1) is 5.41 Å². The highest BCUT2D eigenvalue weighted by molar-refractivity contribution is 8.60. The summed E-state index contributed by atoms with van der Waals surface area (Å²) in [5.74, 6) is 0. The van der Waals surface area contributed by atoms with E-state index in [9.17, 15) is 0 Å². The van der Waals surface area contributed by atoms with E-state index in [4.69, 9.17) is 20.9 Å². The van der Waals surface area contributed by atoms with Crippen molar-refractivity contribution in [2.75, 3.05) is 13.2 Å². The Hall–Kier alpha value is 0.920. The Balaban J connectivity index is 2.59. The quantitative estimate of drug-likeness (QED) is 0.608. The summed E-state index contributed by atoms with van der Waals surface area (Å²) < 4.78 is 11.1. The number of rotatable bonds is 4. The van der Waals surface area contributed by atoms with E-state index in [2.05, 4.69) is 26.1 Å². The van der Waals surface area contributed by atoms with Gasteiger partial charge in [0.25, 0.3) is 0 Å². The van der Waals surface area contributed by atoms with Crippen LogP contribution in [0.4, 0.5) is 0 Å². The van der Waals surface area contributed by atoms with Gasteiger partial charge in [0.05, 0.1) is 13.2 Å². The van der Waals surface area contributed by atoms with Gasteiger partial charge in [-0.3, -0.25) is 0 Å². The molecule has 0 spiro atoms. The lowest BCUT2D eigenvalue weighted by Gasteiger charge is -2.39. The fraction of sp³-hybridized carbons (Fsp3) is 1.00. The van der Waals surface area contributed by atoms with E-state index in [0.717, 1.165) is 26.1 Å². The van der Waals surface area contributed by atoms with Crippen LogP contribution in [0.5, 0.6) is 0 Å². The van der Waals surface area contributed by atoms with Crippen LogP contribution in [0.15, 0.2) is 0 Å². The Bertz CT molecular complexity index is 213. The second-order valence-corrected chi connectivity index (χ2v) is 9.30. The molecule has 1 saturated heterocycles. The van der Waals surface area contributed by atoms with Gasteiger partial charge in [0, 0.05) is 5.41 Å². The largest absolute Gasteiger partial charge is 0.321 e. The fourth-order valence-corrected chi connectivity index (χ4v) is 3.60. The van der Waals surface area contributed by atoms with Gasteiger partial charge in [-0.1, -0.05) is 38.9 Å². The van der Waals surface area contributed by atoms with Crippen molar-refractivity contribution in [3.05, 3.63) is 0 Å². The monoisotopic (exact) mass is 254 g/mol. The van der Waals surface area contributed by atoms with Gasteiger partial charge in [0.15, 0.2) is 0 Å². The van der Waals surface area contributed by atoms with Gasteiger partial charge in [-0.25, -0.2) is 0 Å². The normalized spacial score (nSPS) is 24.8. The van der Waals surface area contributed by atoms with Crippen LogP contribution in [0.25, 0.3) is 0 Å². The molecule has 0 amide bonds. The molecule has 1 aliphatic heterocycles. The molecule has 0 aromatic rings. The van der Waals surface area contributed by atoms with Crippen LogP contribution in [0.3, 0.4) is 0 Å². The van der Waals surface area contributed by atoms with E-state index >= 15 is 0 Å². The highest BCUT2D eigenvalue weighted by atomic mass is 32.9. The number of thiol groups is 1. The second-order valence-electron chi connectivity index (χ2n) is 4.02. The maximum Gasteiger partial charge on any atom is 0.244 e. The van der Waals surface area contributed by atoms with Crippen LogP contribution < -0.4 is 0 Å². The minimum atomic E-state index is -2.19. The molecule has 1 fully saturated rings. The van der Waals surface area contributed by atoms with E-state index in [-0.39, 0.29) is 5.41 Å². The van der Waals surface area contributed by atoms with E-state index in [1.165, 1.54) is 12.8 Å². The summed E-state index contributed by atoms with van der Waals surface area (Å²) in [6, 6.07) is 0. The minimum absolute atomic E-state index is 0.203. The first kappa shape index (κ1) is 13.0. The zero-order valence-electron chi connectivity index (χ0n) is 8.86. The number of hydrogen-bond donors (Lipinski definition) is 1. The summed E-state index contributed by atoms with van der Waals surface area (Å²) in [5, 5.41) is 0. The lowest BCUT2D eigenvalue weighted by atomic mass is 9.81. The Morgan fingerprint density at radius 3 is 2.00 bits per heavy atom. The number of hydrogen-bond acceptors (Lipinski definition) is 3. The average Bonchev–Trinajstić information content (AvgIpc) is 2.12. The van der Waals surface area contributed by atoms with Crippen LogP contribution in [0.2, 0.25) is 0 Å². The molecule has 1 heterocycles. The molecule has 0 saturated carbocycles. The van der Waals surface area contributed by atoms with Crippen LogP contribution in [0.1, 0.15) is 39.5 Å². The van der Waals surface area contributed by atoms with Crippen LogP contribution in [-0.2, 0) is 20.9 Å². The maximum absolute atomic E-state index is 5.55. The standard InChI is InChI=1S/C9H19O2PS2/c1-3-5-9(6-4-2)7-10-12(13,14)11-8-9/h3-8H2,1-2H3,(H,13,14). The van der Waals surface area contributed by atoms with Gasteiger partial charge >= 0.3 is 0 Å². The van der Waals surface area contributed by atoms with E-state index < -0.39 is 5.69 Å². The molecule has 84 valence electrons. The fourth-order valence-electron chi connectivity index (χ4n) is 1.99. The van der Waals surface area contributed by atoms with Crippen molar-refractivity contribution in [2.45, 2.75) is 39.5 Å². The van der Waals surface area contributed by atoms with E-state index in [0.29, 0.717) is 0 Å². The predicted octanol–water partition coefficient (Wildman–Crippen LogP) is 3.77. The van der Waals surface area contributed by atoms with Crippen LogP contribution in [-0.4, -0.2) is 13.2 Å². The molecule has 14 heavy (non-hydrogen) atoms. The average molecular weight is 254 g/mol. The Morgan fingerprint density at radius 1 is 1.21 bits per heavy atom. The van der Waals surface area contributed by atoms with E-state index in [1.807, 2.05) is 0 Å². The molecule has 0 aromatic carbocycles. The molecule has 0 unspecified atom stereocenters. The van der Waals surface area contributed by atoms with Gasteiger partial charge in [0.1, 0.15) is 0 Å². The molecule has 0 atom stereocenters. The van der Waals surface area contributed by atoms with Crippen molar-refractivity contribution in [3.8, 4) is 0 Å². The third kappa shape index (κ3) is 3.49. The first-order chi connectivity index (χ1) is 6.54. The van der Waals surface area contributed by atoms with Crippen molar-refractivity contribution in [1.29, 1.82) is 0 Å². The van der Waals surface area contributed by atoms with Crippen molar-refractivity contribution in [3.63, 3.8) is 0 Å². The molecule has 0 aromatic heterocycles. The smallest absolute Gasteiger partial charge is 0.244 e. The van der Waals surface area contributed by atoms with Gasteiger partial charge in [0.2, 0.25) is 5.69 Å². The lowest BCUT2D eigenvalue weighted by Crippen LogP contribution is -2.34. The lowest BCUT2D eigenvalue weighted by molar-refractivity contribution is 0.0243. The summed E-state index contributed by atoms with van der Waals surface area (Å²) in [7, 11) is 0. The maximum atomic E-state index is 5.55. The van der Waals surface area contributed by atoms with Crippen molar-refractivity contribution >= 4 is 29.7 Å². The first-order valence-electron chi connectivity index (χ1n) is 5.15. The Kier molecular flexibility index (Phi) is 4.93. The summed E-state index contributed by atoms with van der Waals surface area (Å²) in [6.45, 7) is 5.86.